The van der Waals surface area contributed by atoms with E-state index in [1.165, 1.54) is 64.6 Å². The zero-order valence-corrected chi connectivity index (χ0v) is 14.8. The van der Waals surface area contributed by atoms with Crippen LogP contribution in [0.15, 0.2) is 0 Å². The molecule has 0 aromatic rings. The van der Waals surface area contributed by atoms with Gasteiger partial charge in [0.25, 0.3) is 0 Å². The van der Waals surface area contributed by atoms with Gasteiger partial charge < -0.3 is 10.6 Å². The Labute approximate surface area is 132 Å². The van der Waals surface area contributed by atoms with Gasteiger partial charge in [0.2, 0.25) is 0 Å². The zero-order chi connectivity index (χ0) is 15.5. The minimum Gasteiger partial charge on any atom is -0.329 e. The van der Waals surface area contributed by atoms with Crippen LogP contribution in [-0.2, 0) is 0 Å². The lowest BCUT2D eigenvalue weighted by Crippen LogP contribution is -2.57. The summed E-state index contributed by atoms with van der Waals surface area (Å²) in [6.45, 7) is 11.6. The summed E-state index contributed by atoms with van der Waals surface area (Å²) >= 11 is 0. The number of nitrogens with zero attached hydrogens (tertiary/aromatic N) is 2. The number of hydrogen-bond acceptors (Lipinski definition) is 3. The van der Waals surface area contributed by atoms with Crippen LogP contribution in [0.3, 0.4) is 0 Å². The van der Waals surface area contributed by atoms with E-state index in [9.17, 15) is 0 Å². The van der Waals surface area contributed by atoms with E-state index >= 15 is 0 Å². The summed E-state index contributed by atoms with van der Waals surface area (Å²) in [5.74, 6) is 0. The second-order valence-electron chi connectivity index (χ2n) is 8.22. The number of likely N-dealkylation sites (N-methyl/N-ethyl adjacent to an activating group) is 1. The average Bonchev–Trinajstić information content (AvgIpc) is 2.69. The molecule has 3 nitrogen and oxygen atoms in total. The van der Waals surface area contributed by atoms with Crippen LogP contribution < -0.4 is 5.73 Å². The highest BCUT2D eigenvalue weighted by Gasteiger charge is 2.40. The first-order valence-corrected chi connectivity index (χ1v) is 9.08. The quantitative estimate of drug-likeness (QED) is 0.865. The molecule has 1 atom stereocenters. The topological polar surface area (TPSA) is 32.5 Å². The number of likely N-dealkylation sites (tertiary alicyclic amines) is 1. The van der Waals surface area contributed by atoms with Crippen LogP contribution in [0.25, 0.3) is 0 Å². The predicted molar refractivity (Wildman–Crippen MR) is 91.6 cm³/mol. The molecule has 0 spiro atoms. The molecular formula is C18H37N3. The Balaban J connectivity index is 2.02. The van der Waals surface area contributed by atoms with Crippen LogP contribution in [0.5, 0.6) is 0 Å². The molecular weight excluding hydrogens is 258 g/mol. The molecule has 1 aliphatic heterocycles. The molecule has 2 N–H and O–H groups in total. The van der Waals surface area contributed by atoms with E-state index < -0.39 is 0 Å². The Morgan fingerprint density at radius 2 is 1.76 bits per heavy atom. The van der Waals surface area contributed by atoms with Gasteiger partial charge in [-0.15, -0.1) is 0 Å². The highest BCUT2D eigenvalue weighted by Crippen LogP contribution is 2.39. The SMILES string of the molecule is CCN1CCCC(CN)(N(C)C2CCC(C)(C)CC2)CC1. The lowest BCUT2D eigenvalue weighted by Gasteiger charge is -2.48. The van der Waals surface area contributed by atoms with E-state index in [-0.39, 0.29) is 5.54 Å². The first-order valence-electron chi connectivity index (χ1n) is 9.08. The van der Waals surface area contributed by atoms with Crippen LogP contribution >= 0.6 is 0 Å². The van der Waals surface area contributed by atoms with E-state index in [1.807, 2.05) is 0 Å². The summed E-state index contributed by atoms with van der Waals surface area (Å²) in [6.07, 6.45) is 9.25. The molecule has 2 rings (SSSR count). The molecule has 2 aliphatic rings. The van der Waals surface area contributed by atoms with Gasteiger partial charge in [0, 0.05) is 18.1 Å². The fourth-order valence-corrected chi connectivity index (χ4v) is 4.41. The molecule has 1 saturated carbocycles. The molecule has 2 fully saturated rings. The van der Waals surface area contributed by atoms with E-state index in [4.69, 9.17) is 5.73 Å². The third-order valence-corrected chi connectivity index (χ3v) is 6.44. The van der Waals surface area contributed by atoms with Gasteiger partial charge in [-0.25, -0.2) is 0 Å². The first-order chi connectivity index (χ1) is 9.92. The van der Waals surface area contributed by atoms with E-state index in [0.29, 0.717) is 5.41 Å². The van der Waals surface area contributed by atoms with Gasteiger partial charge in [-0.1, -0.05) is 20.8 Å². The Morgan fingerprint density at radius 1 is 1.10 bits per heavy atom. The monoisotopic (exact) mass is 295 g/mol. The molecule has 124 valence electrons. The maximum absolute atomic E-state index is 6.30. The fourth-order valence-electron chi connectivity index (χ4n) is 4.41. The van der Waals surface area contributed by atoms with Crippen molar-refractivity contribution in [1.29, 1.82) is 0 Å². The smallest absolute Gasteiger partial charge is 0.0344 e. The van der Waals surface area contributed by atoms with Crippen LogP contribution in [-0.4, -0.2) is 54.6 Å². The molecule has 1 unspecified atom stereocenters. The van der Waals surface area contributed by atoms with E-state index in [2.05, 4.69) is 37.6 Å². The van der Waals surface area contributed by atoms with Crippen molar-refractivity contribution in [2.45, 2.75) is 77.3 Å². The lowest BCUT2D eigenvalue weighted by atomic mass is 9.74. The number of nitrogens with two attached hydrogens (primary N) is 1. The summed E-state index contributed by atoms with van der Waals surface area (Å²) in [5.41, 5.74) is 7.09. The minimum atomic E-state index is 0.246. The Morgan fingerprint density at radius 3 is 2.33 bits per heavy atom. The van der Waals surface area contributed by atoms with Crippen LogP contribution in [0.1, 0.15) is 65.7 Å². The highest BCUT2D eigenvalue weighted by atomic mass is 15.2. The van der Waals surface area contributed by atoms with Gasteiger partial charge in [0.05, 0.1) is 0 Å². The summed E-state index contributed by atoms with van der Waals surface area (Å²) in [6, 6.07) is 0.745. The summed E-state index contributed by atoms with van der Waals surface area (Å²) in [4.78, 5) is 5.29. The van der Waals surface area contributed by atoms with Crippen molar-refractivity contribution in [3.05, 3.63) is 0 Å². The molecule has 0 radical (unpaired) electrons. The van der Waals surface area contributed by atoms with Crippen molar-refractivity contribution in [3.8, 4) is 0 Å². The third kappa shape index (κ3) is 4.00. The second-order valence-corrected chi connectivity index (χ2v) is 8.22. The predicted octanol–water partition coefficient (Wildman–Crippen LogP) is 3.09. The summed E-state index contributed by atoms with van der Waals surface area (Å²) in [7, 11) is 2.36. The molecule has 21 heavy (non-hydrogen) atoms. The Hall–Kier alpha value is -0.120. The van der Waals surface area contributed by atoms with Crippen molar-refractivity contribution in [3.63, 3.8) is 0 Å². The van der Waals surface area contributed by atoms with Gasteiger partial charge in [0.1, 0.15) is 0 Å². The number of rotatable bonds is 4. The first kappa shape index (κ1) is 17.2. The van der Waals surface area contributed by atoms with Gasteiger partial charge in [-0.05, 0) is 77.0 Å². The van der Waals surface area contributed by atoms with Crippen molar-refractivity contribution in [2.24, 2.45) is 11.1 Å². The van der Waals surface area contributed by atoms with Gasteiger partial charge in [-0.2, -0.15) is 0 Å². The van der Waals surface area contributed by atoms with Crippen LogP contribution in [0.2, 0.25) is 0 Å². The fraction of sp³-hybridized carbons (Fsp3) is 1.00. The molecule has 0 amide bonds. The van der Waals surface area contributed by atoms with Gasteiger partial charge in [-0.3, -0.25) is 4.90 Å². The van der Waals surface area contributed by atoms with Crippen molar-refractivity contribution in [1.82, 2.24) is 9.80 Å². The van der Waals surface area contributed by atoms with Crippen molar-refractivity contribution in [2.75, 3.05) is 33.2 Å². The zero-order valence-electron chi connectivity index (χ0n) is 14.8. The summed E-state index contributed by atoms with van der Waals surface area (Å²) < 4.78 is 0. The molecule has 1 aliphatic carbocycles. The molecule has 0 aromatic heterocycles. The van der Waals surface area contributed by atoms with Gasteiger partial charge >= 0.3 is 0 Å². The van der Waals surface area contributed by atoms with Crippen LogP contribution in [0, 0.1) is 5.41 Å². The van der Waals surface area contributed by atoms with Crippen molar-refractivity contribution < 1.29 is 0 Å². The standard InChI is InChI=1S/C18H37N3/c1-5-21-13-6-9-18(15-19,12-14-21)20(4)16-7-10-17(2,3)11-8-16/h16H,5-15,19H2,1-4H3. The highest BCUT2D eigenvalue weighted by molar-refractivity contribution is 4.97. The van der Waals surface area contributed by atoms with E-state index in [1.54, 1.807) is 0 Å². The maximum atomic E-state index is 6.30. The molecule has 0 bridgehead atoms. The summed E-state index contributed by atoms with van der Waals surface area (Å²) in [5, 5.41) is 0. The van der Waals surface area contributed by atoms with Gasteiger partial charge in [0.15, 0.2) is 0 Å². The molecule has 1 heterocycles. The second kappa shape index (κ2) is 6.97. The van der Waals surface area contributed by atoms with E-state index in [0.717, 1.165) is 12.6 Å². The average molecular weight is 296 g/mol. The molecule has 0 aromatic carbocycles. The maximum Gasteiger partial charge on any atom is 0.0344 e. The largest absolute Gasteiger partial charge is 0.329 e. The third-order valence-electron chi connectivity index (χ3n) is 6.44. The normalized spacial score (nSPS) is 32.3. The van der Waals surface area contributed by atoms with Crippen LogP contribution in [0.4, 0.5) is 0 Å². The Kier molecular flexibility index (Phi) is 5.72. The van der Waals surface area contributed by atoms with Crippen molar-refractivity contribution >= 4 is 0 Å². The number of hydrogen-bond donors (Lipinski definition) is 1. The Bertz CT molecular complexity index is 318. The lowest BCUT2D eigenvalue weighted by molar-refractivity contribution is 0.0268. The molecule has 3 heteroatoms. The molecule has 1 saturated heterocycles. The minimum absolute atomic E-state index is 0.246.